The molecular weight excluding hydrogens is 166 g/mol. The molecule has 0 amide bonds. The van der Waals surface area contributed by atoms with Crippen LogP contribution in [0.3, 0.4) is 0 Å². The van der Waals surface area contributed by atoms with Crippen LogP contribution in [0.5, 0.6) is 0 Å². The molecule has 0 aromatic carbocycles. The monoisotopic (exact) mass is 193 g/mol. The number of hydrogen-bond donors (Lipinski definition) is 0. The molecule has 0 saturated carbocycles. The summed E-state index contributed by atoms with van der Waals surface area (Å²) in [6.45, 7) is 7.06. The van der Waals surface area contributed by atoms with Crippen LogP contribution in [0.25, 0.3) is 0 Å². The molecule has 1 aliphatic heterocycles. The smallest absolute Gasteiger partial charge is 0.00213 e. The van der Waals surface area contributed by atoms with E-state index in [-0.39, 0.29) is 11.0 Å². The van der Waals surface area contributed by atoms with Gasteiger partial charge in [-0.15, -0.1) is 0 Å². The molecule has 4 N–H and O–H groups in total. The van der Waals surface area contributed by atoms with Crippen LogP contribution in [0, 0.1) is 0 Å². The standard InChI is InChI=1S/C5H11N.C5H12.2H2O/c1-6-4-2-3-5-6;1-3-5-4-2;;/h2-5H2,1H3;3-5H2,1-2H3;2*1H2. The quantitative estimate of drug-likeness (QED) is 0.651. The van der Waals surface area contributed by atoms with Crippen LogP contribution in [-0.4, -0.2) is 36.0 Å². The molecule has 0 atom stereocenters. The molecule has 0 bridgehead atoms. The zero-order valence-corrected chi connectivity index (χ0v) is 9.40. The Morgan fingerprint density at radius 3 is 1.38 bits per heavy atom. The number of likely N-dealkylation sites (tertiary alicyclic amines) is 1. The molecule has 3 heteroatoms. The Morgan fingerprint density at radius 1 is 0.923 bits per heavy atom. The zero-order valence-electron chi connectivity index (χ0n) is 9.40. The number of rotatable bonds is 2. The van der Waals surface area contributed by atoms with Crippen LogP contribution in [0.2, 0.25) is 0 Å². The molecule has 84 valence electrons. The van der Waals surface area contributed by atoms with Crippen LogP contribution < -0.4 is 0 Å². The third-order valence-electron chi connectivity index (χ3n) is 2.04. The van der Waals surface area contributed by atoms with Crippen LogP contribution in [-0.2, 0) is 0 Å². The maximum atomic E-state index is 2.36. The lowest BCUT2D eigenvalue weighted by atomic mass is 10.3. The molecule has 13 heavy (non-hydrogen) atoms. The fourth-order valence-corrected chi connectivity index (χ4v) is 1.23. The first-order valence-corrected chi connectivity index (χ1v) is 4.99. The van der Waals surface area contributed by atoms with Crippen molar-refractivity contribution in [1.29, 1.82) is 0 Å². The van der Waals surface area contributed by atoms with E-state index in [1.165, 1.54) is 45.2 Å². The summed E-state index contributed by atoms with van der Waals surface area (Å²) in [5, 5.41) is 0. The molecule has 0 aromatic rings. The topological polar surface area (TPSA) is 66.2 Å². The number of nitrogens with zero attached hydrogens (tertiary/aromatic N) is 1. The molecular formula is C10H27NO2. The summed E-state index contributed by atoms with van der Waals surface area (Å²) in [6.07, 6.45) is 6.90. The van der Waals surface area contributed by atoms with Gasteiger partial charge in [-0.25, -0.2) is 0 Å². The highest BCUT2D eigenvalue weighted by Gasteiger charge is 2.03. The summed E-state index contributed by atoms with van der Waals surface area (Å²) in [7, 11) is 2.17. The Labute approximate surface area is 82.7 Å². The van der Waals surface area contributed by atoms with Crippen molar-refractivity contribution < 1.29 is 11.0 Å². The second-order valence-corrected chi connectivity index (χ2v) is 3.36. The lowest BCUT2D eigenvalue weighted by molar-refractivity contribution is 0.418. The molecule has 1 saturated heterocycles. The highest BCUT2D eigenvalue weighted by molar-refractivity contribution is 4.59. The van der Waals surface area contributed by atoms with Gasteiger partial charge in [0.05, 0.1) is 0 Å². The van der Waals surface area contributed by atoms with Gasteiger partial charge in [-0.3, -0.25) is 0 Å². The van der Waals surface area contributed by atoms with E-state index in [1.54, 1.807) is 0 Å². The highest BCUT2D eigenvalue weighted by atomic mass is 16.0. The lowest BCUT2D eigenvalue weighted by Crippen LogP contribution is -2.10. The Kier molecular flexibility index (Phi) is 20.6. The van der Waals surface area contributed by atoms with Gasteiger partial charge in [-0.05, 0) is 33.0 Å². The second kappa shape index (κ2) is 14.4. The van der Waals surface area contributed by atoms with Crippen molar-refractivity contribution in [2.75, 3.05) is 20.1 Å². The molecule has 1 rings (SSSR count). The van der Waals surface area contributed by atoms with Crippen LogP contribution >= 0.6 is 0 Å². The number of unbranched alkanes of at least 4 members (excludes halogenated alkanes) is 2. The molecule has 0 spiro atoms. The van der Waals surface area contributed by atoms with E-state index in [0.29, 0.717) is 0 Å². The van der Waals surface area contributed by atoms with Crippen molar-refractivity contribution in [3.63, 3.8) is 0 Å². The zero-order chi connectivity index (χ0) is 8.53. The summed E-state index contributed by atoms with van der Waals surface area (Å²) in [6, 6.07) is 0. The van der Waals surface area contributed by atoms with Crippen molar-refractivity contribution in [2.45, 2.75) is 46.0 Å². The maximum absolute atomic E-state index is 2.36. The van der Waals surface area contributed by atoms with Gasteiger partial charge in [0.25, 0.3) is 0 Å². The SMILES string of the molecule is CCCCC.CN1CCCC1.O.O. The number of hydrogen-bond acceptors (Lipinski definition) is 1. The average Bonchev–Trinajstić information content (AvgIpc) is 2.43. The summed E-state index contributed by atoms with van der Waals surface area (Å²) in [5.74, 6) is 0. The largest absolute Gasteiger partial charge is 0.412 e. The van der Waals surface area contributed by atoms with Gasteiger partial charge in [-0.2, -0.15) is 0 Å². The molecule has 0 aliphatic carbocycles. The summed E-state index contributed by atoms with van der Waals surface area (Å²) in [5.41, 5.74) is 0. The van der Waals surface area contributed by atoms with Gasteiger partial charge in [0.15, 0.2) is 0 Å². The van der Waals surface area contributed by atoms with E-state index in [2.05, 4.69) is 25.8 Å². The third kappa shape index (κ3) is 14.7. The van der Waals surface area contributed by atoms with Crippen LogP contribution in [0.1, 0.15) is 46.0 Å². The molecule has 1 fully saturated rings. The van der Waals surface area contributed by atoms with Crippen molar-refractivity contribution >= 4 is 0 Å². The minimum Gasteiger partial charge on any atom is -0.412 e. The summed E-state index contributed by atoms with van der Waals surface area (Å²) in [4.78, 5) is 2.36. The fourth-order valence-electron chi connectivity index (χ4n) is 1.23. The van der Waals surface area contributed by atoms with E-state index >= 15 is 0 Å². The Morgan fingerprint density at radius 2 is 1.31 bits per heavy atom. The van der Waals surface area contributed by atoms with Crippen LogP contribution in [0.15, 0.2) is 0 Å². The maximum Gasteiger partial charge on any atom is -0.00213 e. The highest BCUT2D eigenvalue weighted by Crippen LogP contribution is 2.02. The van der Waals surface area contributed by atoms with Crippen molar-refractivity contribution in [2.24, 2.45) is 0 Å². The normalized spacial score (nSPS) is 15.0. The second-order valence-electron chi connectivity index (χ2n) is 3.36. The minimum atomic E-state index is 0. The molecule has 0 unspecified atom stereocenters. The molecule has 3 nitrogen and oxygen atoms in total. The van der Waals surface area contributed by atoms with E-state index in [9.17, 15) is 0 Å². The minimum absolute atomic E-state index is 0. The van der Waals surface area contributed by atoms with Crippen molar-refractivity contribution in [3.8, 4) is 0 Å². The fraction of sp³-hybridized carbons (Fsp3) is 1.00. The van der Waals surface area contributed by atoms with Gasteiger partial charge in [-0.1, -0.05) is 33.1 Å². The Hall–Kier alpha value is -0.120. The molecule has 1 aliphatic rings. The van der Waals surface area contributed by atoms with E-state index < -0.39 is 0 Å². The van der Waals surface area contributed by atoms with E-state index in [4.69, 9.17) is 0 Å². The van der Waals surface area contributed by atoms with Gasteiger partial charge in [0.2, 0.25) is 0 Å². The predicted octanol–water partition coefficient (Wildman–Crippen LogP) is 1.26. The molecule has 0 aromatic heterocycles. The first-order valence-electron chi connectivity index (χ1n) is 4.99. The third-order valence-corrected chi connectivity index (χ3v) is 2.04. The van der Waals surface area contributed by atoms with Gasteiger partial charge in [0, 0.05) is 0 Å². The average molecular weight is 193 g/mol. The summed E-state index contributed by atoms with van der Waals surface area (Å²) < 4.78 is 0. The molecule has 0 radical (unpaired) electrons. The van der Waals surface area contributed by atoms with E-state index in [1.807, 2.05) is 0 Å². The predicted molar refractivity (Wildman–Crippen MR) is 59.2 cm³/mol. The Balaban J connectivity index is -0.000000136. The lowest BCUT2D eigenvalue weighted by Gasteiger charge is -2.01. The van der Waals surface area contributed by atoms with Gasteiger partial charge >= 0.3 is 0 Å². The summed E-state index contributed by atoms with van der Waals surface area (Å²) >= 11 is 0. The van der Waals surface area contributed by atoms with Crippen molar-refractivity contribution in [1.82, 2.24) is 4.90 Å². The van der Waals surface area contributed by atoms with E-state index in [0.717, 1.165) is 0 Å². The Bertz CT molecular complexity index is 71.3. The first-order chi connectivity index (χ1) is 5.31. The van der Waals surface area contributed by atoms with Crippen molar-refractivity contribution in [3.05, 3.63) is 0 Å². The van der Waals surface area contributed by atoms with Crippen LogP contribution in [0.4, 0.5) is 0 Å². The van der Waals surface area contributed by atoms with Gasteiger partial charge < -0.3 is 15.9 Å². The molecule has 1 heterocycles. The van der Waals surface area contributed by atoms with Gasteiger partial charge in [0.1, 0.15) is 0 Å². The first kappa shape index (κ1) is 18.6.